The van der Waals surface area contributed by atoms with Crippen molar-refractivity contribution < 1.29 is 14.6 Å². The molecular formula is C15H19BrO3. The molecule has 1 fully saturated rings. The highest BCUT2D eigenvalue weighted by molar-refractivity contribution is 9.10. The molecule has 1 N–H and O–H groups in total. The maximum absolute atomic E-state index is 10.9. The molecule has 19 heavy (non-hydrogen) atoms. The molecule has 0 saturated heterocycles. The predicted octanol–water partition coefficient (Wildman–Crippen LogP) is 4.49. The predicted molar refractivity (Wildman–Crippen MR) is 77.8 cm³/mol. The Morgan fingerprint density at radius 1 is 1.37 bits per heavy atom. The number of aromatic carboxylic acids is 1. The Kier molecular flexibility index (Phi) is 4.86. The molecule has 1 saturated carbocycles. The third-order valence-corrected chi connectivity index (χ3v) is 4.46. The SMILES string of the molecule is CCC1CCC(Oc2ccc(C(=O)O)cc2Br)CC1. The first-order valence-electron chi connectivity index (χ1n) is 6.79. The Bertz CT molecular complexity index is 451. The molecule has 0 amide bonds. The van der Waals surface area contributed by atoms with Crippen LogP contribution in [0.2, 0.25) is 0 Å². The van der Waals surface area contributed by atoms with E-state index in [0.29, 0.717) is 4.47 Å². The Balaban J connectivity index is 1.98. The van der Waals surface area contributed by atoms with Gasteiger partial charge in [0.25, 0.3) is 0 Å². The number of hydrogen-bond acceptors (Lipinski definition) is 2. The van der Waals surface area contributed by atoms with Gasteiger partial charge in [-0.25, -0.2) is 4.79 Å². The third kappa shape index (κ3) is 3.72. The smallest absolute Gasteiger partial charge is 0.335 e. The Morgan fingerprint density at radius 2 is 2.05 bits per heavy atom. The third-order valence-electron chi connectivity index (χ3n) is 3.84. The van der Waals surface area contributed by atoms with Crippen LogP contribution >= 0.6 is 15.9 Å². The second-order valence-electron chi connectivity index (χ2n) is 5.12. The number of rotatable bonds is 4. The highest BCUT2D eigenvalue weighted by Crippen LogP contribution is 2.32. The maximum atomic E-state index is 10.9. The van der Waals surface area contributed by atoms with Crippen molar-refractivity contribution in [1.29, 1.82) is 0 Å². The molecule has 0 aromatic heterocycles. The molecule has 0 aliphatic heterocycles. The average Bonchev–Trinajstić information content (AvgIpc) is 2.41. The lowest BCUT2D eigenvalue weighted by molar-refractivity contribution is 0.0696. The first kappa shape index (κ1) is 14.4. The summed E-state index contributed by atoms with van der Waals surface area (Å²) in [4.78, 5) is 10.9. The summed E-state index contributed by atoms with van der Waals surface area (Å²) < 4.78 is 6.69. The highest BCUT2D eigenvalue weighted by Gasteiger charge is 2.22. The van der Waals surface area contributed by atoms with Crippen LogP contribution < -0.4 is 4.74 Å². The van der Waals surface area contributed by atoms with Crippen LogP contribution in [0.3, 0.4) is 0 Å². The van der Waals surface area contributed by atoms with Crippen LogP contribution in [-0.2, 0) is 0 Å². The zero-order valence-corrected chi connectivity index (χ0v) is 12.6. The number of carboxylic acid groups (broad SMARTS) is 1. The second kappa shape index (κ2) is 6.42. The van der Waals surface area contributed by atoms with Crippen molar-refractivity contribution in [2.24, 2.45) is 5.92 Å². The van der Waals surface area contributed by atoms with Gasteiger partial charge in [0.05, 0.1) is 16.1 Å². The van der Waals surface area contributed by atoms with Crippen LogP contribution in [0, 0.1) is 5.92 Å². The van der Waals surface area contributed by atoms with Gasteiger partial charge in [-0.1, -0.05) is 13.3 Å². The van der Waals surface area contributed by atoms with E-state index in [1.54, 1.807) is 18.2 Å². The number of halogens is 1. The highest BCUT2D eigenvalue weighted by atomic mass is 79.9. The van der Waals surface area contributed by atoms with Gasteiger partial charge in [-0.15, -0.1) is 0 Å². The van der Waals surface area contributed by atoms with Crippen LogP contribution in [0.5, 0.6) is 5.75 Å². The van der Waals surface area contributed by atoms with Crippen molar-refractivity contribution in [3.05, 3.63) is 28.2 Å². The van der Waals surface area contributed by atoms with Crippen LogP contribution in [-0.4, -0.2) is 17.2 Å². The zero-order valence-electron chi connectivity index (χ0n) is 11.1. The normalized spacial score (nSPS) is 23.1. The summed E-state index contributed by atoms with van der Waals surface area (Å²) >= 11 is 3.38. The zero-order chi connectivity index (χ0) is 13.8. The van der Waals surface area contributed by atoms with Gasteiger partial charge in [0.15, 0.2) is 0 Å². The first-order valence-corrected chi connectivity index (χ1v) is 7.59. The van der Waals surface area contributed by atoms with E-state index in [4.69, 9.17) is 9.84 Å². The van der Waals surface area contributed by atoms with Crippen LogP contribution in [0.25, 0.3) is 0 Å². The first-order chi connectivity index (χ1) is 9.10. The van der Waals surface area contributed by atoms with Crippen LogP contribution in [0.1, 0.15) is 49.4 Å². The lowest BCUT2D eigenvalue weighted by atomic mass is 9.86. The van der Waals surface area contributed by atoms with Crippen molar-refractivity contribution in [2.75, 3.05) is 0 Å². The summed E-state index contributed by atoms with van der Waals surface area (Å²) in [5.41, 5.74) is 0.272. The summed E-state index contributed by atoms with van der Waals surface area (Å²) in [6, 6.07) is 4.91. The minimum Gasteiger partial charge on any atom is -0.489 e. The van der Waals surface area contributed by atoms with Crippen molar-refractivity contribution >= 4 is 21.9 Å². The standard InChI is InChI=1S/C15H19BrO3/c1-2-10-3-6-12(7-4-10)19-14-8-5-11(15(17)18)9-13(14)16/h5,8-10,12H,2-4,6-7H2,1H3,(H,17,18). The second-order valence-corrected chi connectivity index (χ2v) is 5.97. The molecule has 0 bridgehead atoms. The molecule has 1 aromatic carbocycles. The maximum Gasteiger partial charge on any atom is 0.335 e. The van der Waals surface area contributed by atoms with Crippen molar-refractivity contribution in [2.45, 2.75) is 45.1 Å². The fourth-order valence-corrected chi connectivity index (χ4v) is 3.04. The number of carbonyl (C=O) groups is 1. The van der Waals surface area contributed by atoms with E-state index in [2.05, 4.69) is 22.9 Å². The molecule has 1 aliphatic carbocycles. The van der Waals surface area contributed by atoms with E-state index in [9.17, 15) is 4.79 Å². The van der Waals surface area contributed by atoms with Crippen molar-refractivity contribution in [3.8, 4) is 5.75 Å². The van der Waals surface area contributed by atoms with Crippen molar-refractivity contribution in [3.63, 3.8) is 0 Å². The molecule has 0 radical (unpaired) electrons. The lowest BCUT2D eigenvalue weighted by Gasteiger charge is -2.28. The van der Waals surface area contributed by atoms with E-state index in [1.807, 2.05) is 0 Å². The molecular weight excluding hydrogens is 308 g/mol. The Labute approximate surface area is 122 Å². The molecule has 1 aliphatic rings. The van der Waals surface area contributed by atoms with E-state index < -0.39 is 5.97 Å². The van der Waals surface area contributed by atoms with E-state index in [0.717, 1.165) is 24.5 Å². The Hall–Kier alpha value is -1.03. The molecule has 0 spiro atoms. The molecule has 0 unspecified atom stereocenters. The van der Waals surface area contributed by atoms with Crippen LogP contribution in [0.15, 0.2) is 22.7 Å². The molecule has 0 heterocycles. The summed E-state index contributed by atoms with van der Waals surface area (Å²) in [5.74, 6) is 0.665. The van der Waals surface area contributed by atoms with Crippen LogP contribution in [0.4, 0.5) is 0 Å². The number of ether oxygens (including phenoxy) is 1. The Morgan fingerprint density at radius 3 is 2.58 bits per heavy atom. The van der Waals surface area contributed by atoms with Gasteiger partial charge < -0.3 is 9.84 Å². The van der Waals surface area contributed by atoms with E-state index >= 15 is 0 Å². The van der Waals surface area contributed by atoms with Gasteiger partial charge in [0.1, 0.15) is 5.75 Å². The largest absolute Gasteiger partial charge is 0.489 e. The van der Waals surface area contributed by atoms with Gasteiger partial charge in [0.2, 0.25) is 0 Å². The van der Waals surface area contributed by atoms with E-state index in [1.165, 1.54) is 19.3 Å². The number of carboxylic acids is 1. The molecule has 3 nitrogen and oxygen atoms in total. The monoisotopic (exact) mass is 326 g/mol. The molecule has 2 rings (SSSR count). The molecule has 104 valence electrons. The van der Waals surface area contributed by atoms with E-state index in [-0.39, 0.29) is 11.7 Å². The lowest BCUT2D eigenvalue weighted by Crippen LogP contribution is -2.24. The molecule has 4 heteroatoms. The molecule has 1 aromatic rings. The van der Waals surface area contributed by atoms with Crippen molar-refractivity contribution in [1.82, 2.24) is 0 Å². The average molecular weight is 327 g/mol. The summed E-state index contributed by atoms with van der Waals surface area (Å²) in [6.07, 6.45) is 6.15. The fraction of sp³-hybridized carbons (Fsp3) is 0.533. The van der Waals surface area contributed by atoms with Gasteiger partial charge in [0, 0.05) is 0 Å². The minimum atomic E-state index is -0.921. The summed E-state index contributed by atoms with van der Waals surface area (Å²) in [6.45, 7) is 2.24. The number of hydrogen-bond donors (Lipinski definition) is 1. The molecule has 0 atom stereocenters. The fourth-order valence-electron chi connectivity index (χ4n) is 2.57. The van der Waals surface area contributed by atoms with Gasteiger partial charge in [-0.2, -0.15) is 0 Å². The summed E-state index contributed by atoms with van der Waals surface area (Å²) in [5, 5.41) is 8.92. The minimum absolute atomic E-state index is 0.259. The van der Waals surface area contributed by atoms with Gasteiger partial charge in [-0.05, 0) is 65.7 Å². The van der Waals surface area contributed by atoms with Gasteiger partial charge >= 0.3 is 5.97 Å². The quantitative estimate of drug-likeness (QED) is 0.886. The number of benzene rings is 1. The van der Waals surface area contributed by atoms with Gasteiger partial charge in [-0.3, -0.25) is 0 Å². The summed E-state index contributed by atoms with van der Waals surface area (Å²) in [7, 11) is 0. The topological polar surface area (TPSA) is 46.5 Å².